The summed E-state index contributed by atoms with van der Waals surface area (Å²) in [5.41, 5.74) is 5.30. The third-order valence-corrected chi connectivity index (χ3v) is 4.40. The molecule has 1 unspecified atom stereocenters. The van der Waals surface area contributed by atoms with Crippen molar-refractivity contribution in [3.63, 3.8) is 0 Å². The highest BCUT2D eigenvalue weighted by Gasteiger charge is 2.49. The van der Waals surface area contributed by atoms with E-state index in [1.165, 1.54) is 0 Å². The molecule has 2 aliphatic carbocycles. The lowest BCUT2D eigenvalue weighted by atomic mass is 10.1. The van der Waals surface area contributed by atoms with Gasteiger partial charge < -0.3 is 25.3 Å². The number of amides is 1. The average Bonchev–Trinajstić information content (AvgIpc) is 3.17. The Morgan fingerprint density at radius 1 is 1.04 bits per heavy atom. The van der Waals surface area contributed by atoms with Crippen molar-refractivity contribution in [3.8, 4) is 11.8 Å². The van der Waals surface area contributed by atoms with Crippen molar-refractivity contribution in [2.24, 2.45) is 23.5 Å². The molecule has 0 aromatic rings. The molecule has 0 aromatic carbocycles. The molecule has 6 heteroatoms. The first-order valence-corrected chi connectivity index (χ1v) is 8.55. The Balaban J connectivity index is 1.44. The first kappa shape index (κ1) is 18.1. The maximum absolute atomic E-state index is 11.6. The van der Waals surface area contributed by atoms with Crippen LogP contribution in [0.25, 0.3) is 0 Å². The molecule has 0 spiro atoms. The molecule has 0 bridgehead atoms. The van der Waals surface area contributed by atoms with E-state index in [0.29, 0.717) is 63.9 Å². The van der Waals surface area contributed by atoms with Gasteiger partial charge in [-0.3, -0.25) is 0 Å². The summed E-state index contributed by atoms with van der Waals surface area (Å²) < 4.78 is 15.8. The summed E-state index contributed by atoms with van der Waals surface area (Å²) in [6.45, 7) is 3.51. The maximum Gasteiger partial charge on any atom is 0.407 e. The molecule has 23 heavy (non-hydrogen) atoms. The summed E-state index contributed by atoms with van der Waals surface area (Å²) in [6, 6.07) is 0. The van der Waals surface area contributed by atoms with Crippen LogP contribution in [-0.4, -0.2) is 52.2 Å². The molecule has 3 N–H and O–H groups in total. The summed E-state index contributed by atoms with van der Waals surface area (Å²) in [4.78, 5) is 11.6. The highest BCUT2D eigenvalue weighted by molar-refractivity contribution is 5.67. The first-order valence-electron chi connectivity index (χ1n) is 8.55. The number of rotatable bonds is 10. The number of hydrogen-bond acceptors (Lipinski definition) is 5. The predicted molar refractivity (Wildman–Crippen MR) is 86.8 cm³/mol. The van der Waals surface area contributed by atoms with E-state index < -0.39 is 0 Å². The normalized spacial score (nSPS) is 25.3. The molecule has 0 saturated heterocycles. The van der Waals surface area contributed by atoms with Crippen LogP contribution in [0.3, 0.4) is 0 Å². The van der Waals surface area contributed by atoms with Crippen molar-refractivity contribution in [1.29, 1.82) is 0 Å². The number of hydrogen-bond donors (Lipinski definition) is 2. The number of nitrogens with two attached hydrogens (primary N) is 1. The van der Waals surface area contributed by atoms with Gasteiger partial charge in [0.2, 0.25) is 0 Å². The van der Waals surface area contributed by atoms with Crippen LogP contribution in [0.2, 0.25) is 0 Å². The van der Waals surface area contributed by atoms with Gasteiger partial charge in [-0.05, 0) is 30.6 Å². The summed E-state index contributed by atoms with van der Waals surface area (Å²) >= 11 is 0. The fourth-order valence-electron chi connectivity index (χ4n) is 3.14. The van der Waals surface area contributed by atoms with Crippen LogP contribution in [0, 0.1) is 29.6 Å². The SMILES string of the molecule is NCCOCCOCCNC(=O)OC[C@H]1C2CCC#CCC[C@H]21. The minimum atomic E-state index is -0.358. The van der Waals surface area contributed by atoms with E-state index in [2.05, 4.69) is 17.2 Å². The lowest BCUT2D eigenvalue weighted by molar-refractivity contribution is 0.0511. The fourth-order valence-corrected chi connectivity index (χ4v) is 3.14. The van der Waals surface area contributed by atoms with Crippen molar-refractivity contribution >= 4 is 6.09 Å². The summed E-state index contributed by atoms with van der Waals surface area (Å²) in [7, 11) is 0. The highest BCUT2D eigenvalue weighted by Crippen LogP contribution is 2.52. The van der Waals surface area contributed by atoms with Crippen molar-refractivity contribution in [1.82, 2.24) is 5.32 Å². The monoisotopic (exact) mass is 324 g/mol. The van der Waals surface area contributed by atoms with Crippen molar-refractivity contribution in [2.75, 3.05) is 46.1 Å². The van der Waals surface area contributed by atoms with E-state index >= 15 is 0 Å². The maximum atomic E-state index is 11.6. The van der Waals surface area contributed by atoms with Crippen LogP contribution in [0.5, 0.6) is 0 Å². The van der Waals surface area contributed by atoms with Gasteiger partial charge >= 0.3 is 6.09 Å². The zero-order valence-corrected chi connectivity index (χ0v) is 13.7. The van der Waals surface area contributed by atoms with Gasteiger partial charge in [-0.1, -0.05) is 0 Å². The third kappa shape index (κ3) is 6.78. The topological polar surface area (TPSA) is 82.8 Å². The molecule has 1 saturated carbocycles. The number of nitrogens with one attached hydrogen (secondary N) is 1. The minimum Gasteiger partial charge on any atom is -0.449 e. The van der Waals surface area contributed by atoms with Crippen molar-refractivity contribution in [3.05, 3.63) is 0 Å². The van der Waals surface area contributed by atoms with Crippen LogP contribution in [-0.2, 0) is 14.2 Å². The Bertz CT molecular complexity index is 401. The number of carbonyl (C=O) groups is 1. The zero-order chi connectivity index (χ0) is 16.3. The fraction of sp³-hybridized carbons (Fsp3) is 0.824. The lowest BCUT2D eigenvalue weighted by Crippen LogP contribution is -2.29. The lowest BCUT2D eigenvalue weighted by Gasteiger charge is -2.08. The van der Waals surface area contributed by atoms with Gasteiger partial charge in [0.05, 0.1) is 33.0 Å². The zero-order valence-electron chi connectivity index (χ0n) is 13.7. The van der Waals surface area contributed by atoms with E-state index in [0.717, 1.165) is 25.7 Å². The largest absolute Gasteiger partial charge is 0.449 e. The van der Waals surface area contributed by atoms with E-state index in [1.54, 1.807) is 0 Å². The Morgan fingerprint density at radius 3 is 2.35 bits per heavy atom. The van der Waals surface area contributed by atoms with Gasteiger partial charge in [0.15, 0.2) is 0 Å². The second-order valence-electron chi connectivity index (χ2n) is 5.96. The van der Waals surface area contributed by atoms with Gasteiger partial charge in [-0.2, -0.15) is 0 Å². The van der Waals surface area contributed by atoms with E-state index in [9.17, 15) is 4.79 Å². The van der Waals surface area contributed by atoms with Gasteiger partial charge in [0.25, 0.3) is 0 Å². The van der Waals surface area contributed by atoms with Crippen LogP contribution in [0.1, 0.15) is 25.7 Å². The van der Waals surface area contributed by atoms with E-state index in [4.69, 9.17) is 19.9 Å². The highest BCUT2D eigenvalue weighted by atomic mass is 16.6. The second kappa shape index (κ2) is 10.5. The molecule has 0 radical (unpaired) electrons. The second-order valence-corrected chi connectivity index (χ2v) is 5.96. The smallest absolute Gasteiger partial charge is 0.407 e. The summed E-state index contributed by atoms with van der Waals surface area (Å²) in [5.74, 6) is 8.31. The van der Waals surface area contributed by atoms with Crippen LogP contribution in [0.15, 0.2) is 0 Å². The molecule has 130 valence electrons. The van der Waals surface area contributed by atoms with Gasteiger partial charge in [0, 0.05) is 25.9 Å². The van der Waals surface area contributed by atoms with E-state index in [1.807, 2.05) is 0 Å². The van der Waals surface area contributed by atoms with Crippen molar-refractivity contribution in [2.45, 2.75) is 25.7 Å². The van der Waals surface area contributed by atoms with Gasteiger partial charge in [-0.15, -0.1) is 11.8 Å². The molecule has 0 aliphatic heterocycles. The van der Waals surface area contributed by atoms with Crippen molar-refractivity contribution < 1.29 is 19.0 Å². The quantitative estimate of drug-likeness (QED) is 0.465. The molecule has 1 fully saturated rings. The Labute approximate surface area is 138 Å². The number of ether oxygens (including phenoxy) is 3. The first-order chi connectivity index (χ1) is 11.3. The van der Waals surface area contributed by atoms with Crippen LogP contribution >= 0.6 is 0 Å². The Morgan fingerprint density at radius 2 is 1.70 bits per heavy atom. The molecule has 3 atom stereocenters. The molecule has 0 aromatic heterocycles. The third-order valence-electron chi connectivity index (χ3n) is 4.40. The molecular formula is C17H28N2O4. The molecule has 6 nitrogen and oxygen atoms in total. The standard InChI is InChI=1S/C17H28N2O4/c18-7-9-21-11-12-22-10-8-19-17(20)23-13-16-14-5-3-1-2-4-6-15(14)16/h14-16H,3-13,18H2,(H,19,20)/t14-,15?,16-/m1/s1. The Hall–Kier alpha value is -1.29. The van der Waals surface area contributed by atoms with Gasteiger partial charge in [-0.25, -0.2) is 4.79 Å². The summed E-state index contributed by atoms with van der Waals surface area (Å²) in [5, 5.41) is 2.70. The van der Waals surface area contributed by atoms with Crippen LogP contribution < -0.4 is 11.1 Å². The molecule has 0 heterocycles. The number of alkyl carbamates (subject to hydrolysis) is 1. The molecule has 2 rings (SSSR count). The number of carbonyl (C=O) groups excluding carboxylic acids is 1. The Kier molecular flexibility index (Phi) is 8.23. The minimum absolute atomic E-state index is 0.358. The average molecular weight is 324 g/mol. The van der Waals surface area contributed by atoms with E-state index in [-0.39, 0.29) is 6.09 Å². The molecular weight excluding hydrogens is 296 g/mol. The van der Waals surface area contributed by atoms with Crippen LogP contribution in [0.4, 0.5) is 4.79 Å². The molecule has 2 aliphatic rings. The summed E-state index contributed by atoms with van der Waals surface area (Å²) in [6.07, 6.45) is 3.90. The number of fused-ring (bicyclic) bond motifs is 1. The predicted octanol–water partition coefficient (Wildman–Crippen LogP) is 1.14. The molecule has 1 amide bonds. The van der Waals surface area contributed by atoms with Gasteiger partial charge in [0.1, 0.15) is 0 Å².